The molecule has 1 amide bonds. The Kier molecular flexibility index (Phi) is 6.50. The summed E-state index contributed by atoms with van der Waals surface area (Å²) in [5.74, 6) is -0.140. The van der Waals surface area contributed by atoms with Gasteiger partial charge in [0.15, 0.2) is 0 Å². The number of hydrogen-bond donors (Lipinski definition) is 2. The first-order chi connectivity index (χ1) is 11.1. The molecule has 0 unspecified atom stereocenters. The van der Waals surface area contributed by atoms with Crippen molar-refractivity contribution < 1.29 is 4.79 Å². The van der Waals surface area contributed by atoms with E-state index in [0.717, 1.165) is 30.8 Å². The second kappa shape index (κ2) is 8.85. The highest BCUT2D eigenvalue weighted by Crippen LogP contribution is 2.09. The third-order valence-corrected chi connectivity index (χ3v) is 3.29. The Hall–Kier alpha value is -2.47. The van der Waals surface area contributed by atoms with Crippen LogP contribution in [0.5, 0.6) is 0 Å². The van der Waals surface area contributed by atoms with Gasteiger partial charge >= 0.3 is 0 Å². The Balaban J connectivity index is 1.84. The van der Waals surface area contributed by atoms with Crippen LogP contribution in [-0.2, 0) is 6.54 Å². The topological polar surface area (TPSA) is 70.2 Å². The lowest BCUT2D eigenvalue weighted by Gasteiger charge is -2.11. The first-order valence-corrected chi connectivity index (χ1v) is 7.66. The molecule has 6 heteroatoms. The number of nitrogens with one attached hydrogen (secondary N) is 2. The lowest BCUT2D eigenvalue weighted by Crippen LogP contribution is -2.23. The lowest BCUT2D eigenvalue weighted by molar-refractivity contribution is 0.0950. The van der Waals surface area contributed by atoms with E-state index in [1.54, 1.807) is 24.8 Å². The Labute approximate surface area is 137 Å². The van der Waals surface area contributed by atoms with Crippen LogP contribution >= 0.6 is 0 Å². The van der Waals surface area contributed by atoms with Crippen LogP contribution in [0.1, 0.15) is 22.3 Å². The number of carbonyl (C=O) groups is 1. The summed E-state index contributed by atoms with van der Waals surface area (Å²) in [5.41, 5.74) is 2.37. The molecule has 0 saturated heterocycles. The third-order valence-electron chi connectivity index (χ3n) is 3.29. The predicted molar refractivity (Wildman–Crippen MR) is 91.3 cm³/mol. The molecular weight excluding hydrogens is 290 g/mol. The molecule has 122 valence electrons. The van der Waals surface area contributed by atoms with Gasteiger partial charge in [-0.1, -0.05) is 6.07 Å². The number of aromatic nitrogens is 2. The summed E-state index contributed by atoms with van der Waals surface area (Å²) in [5, 5.41) is 6.16. The molecule has 0 spiro atoms. The first kappa shape index (κ1) is 16.9. The SMILES string of the molecule is CN(C)CCCNc1cncc(C(=O)NCc2cccnc2)c1. The van der Waals surface area contributed by atoms with Crippen molar-refractivity contribution in [2.24, 2.45) is 0 Å². The fraction of sp³-hybridized carbons (Fsp3) is 0.353. The standard InChI is InChI=1S/C17H23N5O/c1-22(2)8-4-7-20-16-9-15(12-19-13-16)17(23)21-11-14-5-3-6-18-10-14/h3,5-6,9-10,12-13,20H,4,7-8,11H2,1-2H3,(H,21,23). The highest BCUT2D eigenvalue weighted by atomic mass is 16.1. The molecule has 23 heavy (non-hydrogen) atoms. The summed E-state index contributed by atoms with van der Waals surface area (Å²) < 4.78 is 0. The van der Waals surface area contributed by atoms with Gasteiger partial charge in [-0.05, 0) is 44.8 Å². The maximum absolute atomic E-state index is 12.2. The van der Waals surface area contributed by atoms with Crippen LogP contribution in [0.3, 0.4) is 0 Å². The molecular formula is C17H23N5O. The van der Waals surface area contributed by atoms with E-state index < -0.39 is 0 Å². The predicted octanol–water partition coefficient (Wildman–Crippen LogP) is 1.77. The van der Waals surface area contributed by atoms with Crippen molar-refractivity contribution in [3.05, 3.63) is 54.1 Å². The number of hydrogen-bond acceptors (Lipinski definition) is 5. The molecule has 2 aromatic heterocycles. The van der Waals surface area contributed by atoms with Crippen molar-refractivity contribution in [1.82, 2.24) is 20.2 Å². The van der Waals surface area contributed by atoms with Gasteiger partial charge in [0.2, 0.25) is 0 Å². The zero-order chi connectivity index (χ0) is 16.5. The van der Waals surface area contributed by atoms with Crippen LogP contribution in [-0.4, -0.2) is 48.0 Å². The van der Waals surface area contributed by atoms with Crippen molar-refractivity contribution in [1.29, 1.82) is 0 Å². The average molecular weight is 313 g/mol. The quantitative estimate of drug-likeness (QED) is 0.727. The fourth-order valence-corrected chi connectivity index (χ4v) is 2.08. The van der Waals surface area contributed by atoms with E-state index in [2.05, 4.69) is 39.6 Å². The Morgan fingerprint density at radius 2 is 2.09 bits per heavy atom. The van der Waals surface area contributed by atoms with E-state index >= 15 is 0 Å². The van der Waals surface area contributed by atoms with Gasteiger partial charge in [0.05, 0.1) is 11.3 Å². The van der Waals surface area contributed by atoms with Crippen LogP contribution in [0, 0.1) is 0 Å². The van der Waals surface area contributed by atoms with E-state index in [1.165, 1.54) is 0 Å². The third kappa shape index (κ3) is 6.04. The van der Waals surface area contributed by atoms with Crippen LogP contribution in [0.25, 0.3) is 0 Å². The zero-order valence-corrected chi connectivity index (χ0v) is 13.6. The monoisotopic (exact) mass is 313 g/mol. The second-order valence-electron chi connectivity index (χ2n) is 5.59. The smallest absolute Gasteiger partial charge is 0.253 e. The van der Waals surface area contributed by atoms with Crippen LogP contribution in [0.2, 0.25) is 0 Å². The van der Waals surface area contributed by atoms with Crippen LogP contribution < -0.4 is 10.6 Å². The Bertz CT molecular complexity index is 615. The second-order valence-corrected chi connectivity index (χ2v) is 5.59. The van der Waals surface area contributed by atoms with Gasteiger partial charge in [0.1, 0.15) is 0 Å². The summed E-state index contributed by atoms with van der Waals surface area (Å²) in [6.45, 7) is 2.32. The number of carbonyl (C=O) groups excluding carboxylic acids is 1. The van der Waals surface area contributed by atoms with Crippen molar-refractivity contribution >= 4 is 11.6 Å². The molecule has 2 aromatic rings. The van der Waals surface area contributed by atoms with E-state index in [4.69, 9.17) is 0 Å². The van der Waals surface area contributed by atoms with E-state index in [9.17, 15) is 4.79 Å². The molecule has 6 nitrogen and oxygen atoms in total. The van der Waals surface area contributed by atoms with Gasteiger partial charge in [-0.25, -0.2) is 0 Å². The maximum Gasteiger partial charge on any atom is 0.253 e. The van der Waals surface area contributed by atoms with E-state index in [-0.39, 0.29) is 5.91 Å². The van der Waals surface area contributed by atoms with Gasteiger partial charge in [-0.15, -0.1) is 0 Å². The summed E-state index contributed by atoms with van der Waals surface area (Å²) in [6.07, 6.45) is 7.78. The van der Waals surface area contributed by atoms with Gasteiger partial charge < -0.3 is 15.5 Å². The molecule has 2 heterocycles. The van der Waals surface area contributed by atoms with E-state index in [0.29, 0.717) is 12.1 Å². The highest BCUT2D eigenvalue weighted by Gasteiger charge is 2.07. The number of pyridine rings is 2. The van der Waals surface area contributed by atoms with Crippen molar-refractivity contribution in [3.8, 4) is 0 Å². The van der Waals surface area contributed by atoms with Crippen LogP contribution in [0.4, 0.5) is 5.69 Å². The molecule has 0 aromatic carbocycles. The minimum atomic E-state index is -0.140. The van der Waals surface area contributed by atoms with Gasteiger partial charge in [0.25, 0.3) is 5.91 Å². The zero-order valence-electron chi connectivity index (χ0n) is 13.6. The molecule has 0 bridgehead atoms. The largest absolute Gasteiger partial charge is 0.384 e. The lowest BCUT2D eigenvalue weighted by atomic mass is 10.2. The summed E-state index contributed by atoms with van der Waals surface area (Å²) in [6, 6.07) is 5.59. The summed E-state index contributed by atoms with van der Waals surface area (Å²) >= 11 is 0. The maximum atomic E-state index is 12.2. The molecule has 2 rings (SSSR count). The normalized spacial score (nSPS) is 10.6. The van der Waals surface area contributed by atoms with Crippen LogP contribution in [0.15, 0.2) is 43.0 Å². The van der Waals surface area contributed by atoms with E-state index in [1.807, 2.05) is 18.2 Å². The minimum Gasteiger partial charge on any atom is -0.384 e. The molecule has 0 aliphatic heterocycles. The molecule has 0 saturated carbocycles. The van der Waals surface area contributed by atoms with Crippen molar-refractivity contribution in [2.45, 2.75) is 13.0 Å². The number of nitrogens with zero attached hydrogens (tertiary/aromatic N) is 3. The Morgan fingerprint density at radius 1 is 1.22 bits per heavy atom. The summed E-state index contributed by atoms with van der Waals surface area (Å²) in [4.78, 5) is 22.5. The fourth-order valence-electron chi connectivity index (χ4n) is 2.08. The molecule has 0 aliphatic carbocycles. The first-order valence-electron chi connectivity index (χ1n) is 7.66. The molecule has 0 aliphatic rings. The number of amides is 1. The van der Waals surface area contributed by atoms with Gasteiger partial charge in [0, 0.05) is 37.9 Å². The molecule has 0 radical (unpaired) electrons. The molecule has 0 atom stereocenters. The summed E-state index contributed by atoms with van der Waals surface area (Å²) in [7, 11) is 4.10. The number of rotatable bonds is 8. The van der Waals surface area contributed by atoms with Gasteiger partial charge in [-0.2, -0.15) is 0 Å². The highest BCUT2D eigenvalue weighted by molar-refractivity contribution is 5.94. The van der Waals surface area contributed by atoms with Crippen molar-refractivity contribution in [3.63, 3.8) is 0 Å². The average Bonchev–Trinajstić information content (AvgIpc) is 2.57. The Morgan fingerprint density at radius 3 is 2.83 bits per heavy atom. The molecule has 2 N–H and O–H groups in total. The van der Waals surface area contributed by atoms with Crippen molar-refractivity contribution in [2.75, 3.05) is 32.5 Å². The minimum absolute atomic E-state index is 0.140. The number of anilines is 1. The van der Waals surface area contributed by atoms with Gasteiger partial charge in [-0.3, -0.25) is 14.8 Å². The molecule has 0 fully saturated rings.